The average Bonchev–Trinajstić information content (AvgIpc) is 1.65. The number of nitrogens with two attached hydrogens (primary N) is 3. The highest BCUT2D eigenvalue weighted by molar-refractivity contribution is 4.60. The Morgan fingerprint density at radius 3 is 2.00 bits per heavy atom. The Bertz CT molecular complexity index is 57.2. The first-order valence-electron chi connectivity index (χ1n) is 2.56. The Balaban J connectivity index is 3.10. The molecule has 0 aromatic heterocycles. The van der Waals surface area contributed by atoms with Crippen LogP contribution >= 0.6 is 0 Å². The number of hydrogen-bond acceptors (Lipinski definition) is 4. The van der Waals surface area contributed by atoms with Gasteiger partial charge >= 0.3 is 0 Å². The maximum atomic E-state index is 8.74. The first-order valence-corrected chi connectivity index (χ1v) is 2.56. The summed E-state index contributed by atoms with van der Waals surface area (Å²) in [6, 6.07) is 0. The molecule has 0 aromatic carbocycles. The van der Waals surface area contributed by atoms with Gasteiger partial charge in [0.2, 0.25) is 0 Å². The van der Waals surface area contributed by atoms with E-state index in [4.69, 9.17) is 22.3 Å². The van der Waals surface area contributed by atoms with E-state index < -0.39 is 12.3 Å². The second kappa shape index (κ2) is 3.80. The van der Waals surface area contributed by atoms with Gasteiger partial charge in [-0.2, -0.15) is 0 Å². The SMILES string of the molecule is NCC(O)CC(N)N. The van der Waals surface area contributed by atoms with Crippen LogP contribution in [0, 0.1) is 0 Å². The number of hydrogen-bond donors (Lipinski definition) is 4. The predicted molar refractivity (Wildman–Crippen MR) is 31.8 cm³/mol. The van der Waals surface area contributed by atoms with Crippen molar-refractivity contribution in [3.8, 4) is 0 Å². The molecule has 0 aromatic rings. The van der Waals surface area contributed by atoms with Crippen LogP contribution in [0.5, 0.6) is 0 Å². The van der Waals surface area contributed by atoms with Crippen molar-refractivity contribution in [1.29, 1.82) is 0 Å². The molecule has 0 amide bonds. The molecule has 1 unspecified atom stereocenters. The van der Waals surface area contributed by atoms with Crippen molar-refractivity contribution in [2.75, 3.05) is 6.54 Å². The fourth-order valence-corrected chi connectivity index (χ4v) is 0.410. The normalized spacial score (nSPS) is 14.6. The number of aliphatic hydroxyl groups is 1. The third-order valence-electron chi connectivity index (χ3n) is 0.816. The molecule has 0 fully saturated rings. The zero-order valence-corrected chi connectivity index (χ0v) is 4.75. The lowest BCUT2D eigenvalue weighted by atomic mass is 10.2. The van der Waals surface area contributed by atoms with Gasteiger partial charge in [0.05, 0.1) is 12.3 Å². The van der Waals surface area contributed by atoms with E-state index in [1.807, 2.05) is 0 Å². The summed E-state index contributed by atoms with van der Waals surface area (Å²) in [7, 11) is 0. The van der Waals surface area contributed by atoms with Gasteiger partial charge < -0.3 is 22.3 Å². The van der Waals surface area contributed by atoms with E-state index in [0.717, 1.165) is 0 Å². The molecule has 0 heterocycles. The topological polar surface area (TPSA) is 98.3 Å². The first-order chi connectivity index (χ1) is 3.66. The van der Waals surface area contributed by atoms with Crippen LogP contribution in [0.2, 0.25) is 0 Å². The van der Waals surface area contributed by atoms with Crippen molar-refractivity contribution in [1.82, 2.24) is 0 Å². The Morgan fingerprint density at radius 1 is 1.38 bits per heavy atom. The summed E-state index contributed by atoms with van der Waals surface area (Å²) in [5, 5.41) is 8.74. The van der Waals surface area contributed by atoms with Gasteiger partial charge in [-0.05, 0) is 0 Å². The van der Waals surface area contributed by atoms with Crippen molar-refractivity contribution in [3.05, 3.63) is 0 Å². The summed E-state index contributed by atoms with van der Waals surface area (Å²) in [5.41, 5.74) is 15.3. The van der Waals surface area contributed by atoms with Crippen LogP contribution in [0.15, 0.2) is 0 Å². The second-order valence-corrected chi connectivity index (χ2v) is 1.79. The van der Waals surface area contributed by atoms with E-state index >= 15 is 0 Å². The highest BCUT2D eigenvalue weighted by Gasteiger charge is 2.02. The fraction of sp³-hybridized carbons (Fsp3) is 1.00. The lowest BCUT2D eigenvalue weighted by molar-refractivity contribution is 0.164. The van der Waals surface area contributed by atoms with Crippen LogP contribution in [0.4, 0.5) is 0 Å². The molecule has 0 spiro atoms. The lowest BCUT2D eigenvalue weighted by Gasteiger charge is -2.08. The highest BCUT2D eigenvalue weighted by atomic mass is 16.3. The molecule has 0 aliphatic heterocycles. The monoisotopic (exact) mass is 119 g/mol. The predicted octanol–water partition coefficient (Wildman–Crippen LogP) is -2.06. The van der Waals surface area contributed by atoms with E-state index in [1.165, 1.54) is 0 Å². The number of aliphatic hydroxyl groups excluding tert-OH is 1. The summed E-state index contributed by atoms with van der Waals surface area (Å²) in [4.78, 5) is 0. The van der Waals surface area contributed by atoms with Gasteiger partial charge in [0, 0.05) is 13.0 Å². The molecule has 50 valence electrons. The summed E-state index contributed by atoms with van der Waals surface area (Å²) in [5.74, 6) is 0. The first kappa shape index (κ1) is 7.84. The van der Waals surface area contributed by atoms with Gasteiger partial charge in [0.15, 0.2) is 0 Å². The second-order valence-electron chi connectivity index (χ2n) is 1.79. The number of rotatable bonds is 3. The van der Waals surface area contributed by atoms with Crippen LogP contribution in [0.3, 0.4) is 0 Å². The van der Waals surface area contributed by atoms with Gasteiger partial charge in [0.25, 0.3) is 0 Å². The minimum absolute atomic E-state index is 0.227. The van der Waals surface area contributed by atoms with Crippen LogP contribution < -0.4 is 17.2 Å². The third-order valence-corrected chi connectivity index (χ3v) is 0.816. The Hall–Kier alpha value is -0.160. The van der Waals surface area contributed by atoms with E-state index in [0.29, 0.717) is 6.42 Å². The van der Waals surface area contributed by atoms with Crippen LogP contribution in [0.1, 0.15) is 6.42 Å². The minimum Gasteiger partial charge on any atom is -0.392 e. The maximum Gasteiger partial charge on any atom is 0.0689 e. The molecule has 0 radical (unpaired) electrons. The van der Waals surface area contributed by atoms with Gasteiger partial charge in [-0.15, -0.1) is 0 Å². The Kier molecular flexibility index (Phi) is 3.72. The summed E-state index contributed by atoms with van der Waals surface area (Å²) in [6.07, 6.45) is -0.625. The zero-order chi connectivity index (χ0) is 6.57. The zero-order valence-electron chi connectivity index (χ0n) is 4.75. The minimum atomic E-state index is -0.546. The maximum absolute atomic E-state index is 8.74. The molecule has 0 bridgehead atoms. The van der Waals surface area contributed by atoms with E-state index in [9.17, 15) is 0 Å². The Labute approximate surface area is 48.6 Å². The molecule has 7 N–H and O–H groups in total. The van der Waals surface area contributed by atoms with Crippen LogP contribution in [-0.4, -0.2) is 23.9 Å². The molecule has 4 heteroatoms. The fourth-order valence-electron chi connectivity index (χ4n) is 0.410. The molecule has 0 aliphatic carbocycles. The van der Waals surface area contributed by atoms with Crippen LogP contribution in [-0.2, 0) is 0 Å². The molecule has 0 saturated carbocycles. The van der Waals surface area contributed by atoms with Gasteiger partial charge in [0.1, 0.15) is 0 Å². The molecule has 1 atom stereocenters. The molecular formula is C4H13N3O. The van der Waals surface area contributed by atoms with Crippen molar-refractivity contribution in [3.63, 3.8) is 0 Å². The van der Waals surface area contributed by atoms with Gasteiger partial charge in [-0.25, -0.2) is 0 Å². The molecule has 4 nitrogen and oxygen atoms in total. The van der Waals surface area contributed by atoms with Crippen molar-refractivity contribution < 1.29 is 5.11 Å². The smallest absolute Gasteiger partial charge is 0.0689 e. The highest BCUT2D eigenvalue weighted by Crippen LogP contribution is 1.86. The van der Waals surface area contributed by atoms with Gasteiger partial charge in [-0.1, -0.05) is 0 Å². The summed E-state index contributed by atoms with van der Waals surface area (Å²) < 4.78 is 0. The largest absolute Gasteiger partial charge is 0.392 e. The molecular weight excluding hydrogens is 106 g/mol. The van der Waals surface area contributed by atoms with E-state index in [-0.39, 0.29) is 6.54 Å². The quantitative estimate of drug-likeness (QED) is 0.321. The summed E-state index contributed by atoms with van der Waals surface area (Å²) in [6.45, 7) is 0.227. The van der Waals surface area contributed by atoms with Gasteiger partial charge in [-0.3, -0.25) is 0 Å². The molecule has 0 rings (SSSR count). The van der Waals surface area contributed by atoms with E-state index in [2.05, 4.69) is 0 Å². The third kappa shape index (κ3) is 4.01. The van der Waals surface area contributed by atoms with Crippen molar-refractivity contribution in [2.24, 2.45) is 17.2 Å². The molecule has 0 aliphatic rings. The standard InChI is InChI=1S/C4H13N3O/c5-2-3(8)1-4(6)7/h3-4,8H,1-2,5-7H2. The summed E-state index contributed by atoms with van der Waals surface area (Å²) >= 11 is 0. The van der Waals surface area contributed by atoms with Crippen molar-refractivity contribution >= 4 is 0 Å². The molecule has 0 saturated heterocycles. The Morgan fingerprint density at radius 2 is 1.88 bits per heavy atom. The molecule has 8 heavy (non-hydrogen) atoms. The van der Waals surface area contributed by atoms with Crippen LogP contribution in [0.25, 0.3) is 0 Å². The van der Waals surface area contributed by atoms with Crippen molar-refractivity contribution in [2.45, 2.75) is 18.7 Å². The lowest BCUT2D eigenvalue weighted by Crippen LogP contribution is -2.36. The average molecular weight is 119 g/mol. The van der Waals surface area contributed by atoms with E-state index in [1.54, 1.807) is 0 Å².